The molecule has 0 saturated carbocycles. The fraction of sp³-hybridized carbons (Fsp3) is 0.182. The molecule has 0 aliphatic heterocycles. The van der Waals surface area contributed by atoms with Gasteiger partial charge in [-0.3, -0.25) is 4.79 Å². The summed E-state index contributed by atoms with van der Waals surface area (Å²) in [6.07, 6.45) is 5.58. The van der Waals surface area contributed by atoms with Crippen molar-refractivity contribution in [3.63, 3.8) is 0 Å². The highest BCUT2D eigenvalue weighted by Crippen LogP contribution is 2.25. The average Bonchev–Trinajstić information content (AvgIpc) is 2.22. The van der Waals surface area contributed by atoms with Crippen LogP contribution in [-0.2, 0) is 0 Å². The average molecular weight is 287 g/mol. The van der Waals surface area contributed by atoms with Crippen LogP contribution in [0.25, 0.3) is 0 Å². The minimum atomic E-state index is -0.212. The molecule has 0 bridgehead atoms. The van der Waals surface area contributed by atoms with E-state index < -0.39 is 0 Å². The standard InChI is InChI=1S/C11H9BrClNO/c1-2-3-7-14-11(15)8-5-4-6-9(12)10(8)13/h1,4-6H,3,7H2,(H,14,15). The van der Waals surface area contributed by atoms with Gasteiger partial charge in [0.25, 0.3) is 5.91 Å². The van der Waals surface area contributed by atoms with Crippen molar-refractivity contribution in [2.75, 3.05) is 6.54 Å². The Morgan fingerprint density at radius 1 is 1.60 bits per heavy atom. The molecule has 1 aromatic carbocycles. The quantitative estimate of drug-likeness (QED) is 0.672. The highest BCUT2D eigenvalue weighted by Gasteiger charge is 2.10. The van der Waals surface area contributed by atoms with Crippen molar-refractivity contribution in [3.8, 4) is 12.3 Å². The lowest BCUT2D eigenvalue weighted by atomic mass is 10.2. The maximum atomic E-state index is 11.6. The molecule has 1 aromatic rings. The van der Waals surface area contributed by atoms with Crippen LogP contribution in [0.4, 0.5) is 0 Å². The van der Waals surface area contributed by atoms with Gasteiger partial charge in [-0.1, -0.05) is 17.7 Å². The molecule has 0 aliphatic rings. The Morgan fingerprint density at radius 3 is 3.00 bits per heavy atom. The van der Waals surface area contributed by atoms with E-state index in [0.29, 0.717) is 28.0 Å². The number of terminal acetylenes is 1. The van der Waals surface area contributed by atoms with Crippen molar-refractivity contribution in [1.29, 1.82) is 0 Å². The molecule has 2 nitrogen and oxygen atoms in total. The fourth-order valence-electron chi connectivity index (χ4n) is 1.02. The first-order chi connectivity index (χ1) is 7.16. The normalized spacial score (nSPS) is 9.40. The first kappa shape index (κ1) is 12.1. The fourth-order valence-corrected chi connectivity index (χ4v) is 1.60. The van der Waals surface area contributed by atoms with E-state index in [2.05, 4.69) is 27.2 Å². The number of rotatable bonds is 3. The molecule has 0 heterocycles. The van der Waals surface area contributed by atoms with Crippen molar-refractivity contribution >= 4 is 33.4 Å². The molecule has 0 radical (unpaired) electrons. The van der Waals surface area contributed by atoms with Crippen LogP contribution in [0.2, 0.25) is 5.02 Å². The lowest BCUT2D eigenvalue weighted by molar-refractivity contribution is 0.0954. The number of benzene rings is 1. The van der Waals surface area contributed by atoms with Gasteiger partial charge in [-0.2, -0.15) is 0 Å². The predicted molar refractivity (Wildman–Crippen MR) is 64.9 cm³/mol. The van der Waals surface area contributed by atoms with Gasteiger partial charge in [0.1, 0.15) is 0 Å². The summed E-state index contributed by atoms with van der Waals surface area (Å²) in [5.74, 6) is 2.23. The van der Waals surface area contributed by atoms with E-state index in [9.17, 15) is 4.79 Å². The minimum absolute atomic E-state index is 0.212. The second kappa shape index (κ2) is 5.79. The van der Waals surface area contributed by atoms with Crippen LogP contribution >= 0.6 is 27.5 Å². The molecular weight excluding hydrogens is 277 g/mol. The van der Waals surface area contributed by atoms with Crippen LogP contribution in [0.15, 0.2) is 22.7 Å². The highest BCUT2D eigenvalue weighted by molar-refractivity contribution is 9.10. The van der Waals surface area contributed by atoms with Gasteiger partial charge in [-0.25, -0.2) is 0 Å². The van der Waals surface area contributed by atoms with Crippen molar-refractivity contribution in [2.45, 2.75) is 6.42 Å². The Kier molecular flexibility index (Phi) is 4.67. The summed E-state index contributed by atoms with van der Waals surface area (Å²) in [7, 11) is 0. The van der Waals surface area contributed by atoms with Crippen molar-refractivity contribution < 1.29 is 4.79 Å². The van der Waals surface area contributed by atoms with E-state index in [0.717, 1.165) is 0 Å². The van der Waals surface area contributed by atoms with Crippen LogP contribution in [0.5, 0.6) is 0 Å². The van der Waals surface area contributed by atoms with E-state index in [1.807, 2.05) is 0 Å². The number of carbonyl (C=O) groups excluding carboxylic acids is 1. The minimum Gasteiger partial charge on any atom is -0.351 e. The van der Waals surface area contributed by atoms with Gasteiger partial charge in [0.2, 0.25) is 0 Å². The third kappa shape index (κ3) is 3.26. The van der Waals surface area contributed by atoms with E-state index >= 15 is 0 Å². The van der Waals surface area contributed by atoms with Gasteiger partial charge < -0.3 is 5.32 Å². The third-order valence-electron chi connectivity index (χ3n) is 1.75. The van der Waals surface area contributed by atoms with Gasteiger partial charge >= 0.3 is 0 Å². The van der Waals surface area contributed by atoms with Crippen LogP contribution in [0.1, 0.15) is 16.8 Å². The summed E-state index contributed by atoms with van der Waals surface area (Å²) < 4.78 is 0.703. The Bertz CT molecular complexity index is 412. The number of amides is 1. The number of nitrogens with one attached hydrogen (secondary N) is 1. The van der Waals surface area contributed by atoms with Crippen molar-refractivity contribution in [2.24, 2.45) is 0 Å². The summed E-state index contributed by atoms with van der Waals surface area (Å²) in [6, 6.07) is 5.20. The molecule has 78 valence electrons. The van der Waals surface area contributed by atoms with Crippen molar-refractivity contribution in [3.05, 3.63) is 33.3 Å². The lowest BCUT2D eigenvalue weighted by Crippen LogP contribution is -2.24. The molecule has 0 unspecified atom stereocenters. The van der Waals surface area contributed by atoms with Crippen LogP contribution in [0, 0.1) is 12.3 Å². The van der Waals surface area contributed by atoms with Gasteiger partial charge in [0.15, 0.2) is 0 Å². The zero-order valence-electron chi connectivity index (χ0n) is 7.89. The Labute approximate surface area is 102 Å². The van der Waals surface area contributed by atoms with E-state index in [-0.39, 0.29) is 5.91 Å². The van der Waals surface area contributed by atoms with E-state index in [1.54, 1.807) is 18.2 Å². The summed E-state index contributed by atoms with van der Waals surface area (Å²) in [6.45, 7) is 0.457. The predicted octanol–water partition coefficient (Wildman–Crippen LogP) is 2.86. The number of hydrogen-bond donors (Lipinski definition) is 1. The summed E-state index contributed by atoms with van der Waals surface area (Å²) in [5.41, 5.74) is 0.447. The first-order valence-corrected chi connectivity index (χ1v) is 5.49. The van der Waals surface area contributed by atoms with Crippen LogP contribution in [-0.4, -0.2) is 12.5 Å². The van der Waals surface area contributed by atoms with Crippen LogP contribution < -0.4 is 5.32 Å². The van der Waals surface area contributed by atoms with E-state index in [4.69, 9.17) is 18.0 Å². The summed E-state index contributed by atoms with van der Waals surface area (Å²) in [4.78, 5) is 11.6. The summed E-state index contributed by atoms with van der Waals surface area (Å²) >= 11 is 9.20. The molecule has 1 rings (SSSR count). The molecule has 0 saturated heterocycles. The van der Waals surface area contributed by atoms with Gasteiger partial charge in [0.05, 0.1) is 10.6 Å². The first-order valence-electron chi connectivity index (χ1n) is 4.32. The molecular formula is C11H9BrClNO. The molecule has 1 N–H and O–H groups in total. The zero-order chi connectivity index (χ0) is 11.3. The lowest BCUT2D eigenvalue weighted by Gasteiger charge is -2.05. The Hall–Kier alpha value is -0.980. The molecule has 4 heteroatoms. The van der Waals surface area contributed by atoms with Crippen LogP contribution in [0.3, 0.4) is 0 Å². The monoisotopic (exact) mass is 285 g/mol. The molecule has 0 spiro atoms. The molecule has 0 aromatic heterocycles. The maximum Gasteiger partial charge on any atom is 0.252 e. The summed E-state index contributed by atoms with van der Waals surface area (Å²) in [5, 5.41) is 3.09. The maximum absolute atomic E-state index is 11.6. The van der Waals surface area contributed by atoms with Gasteiger partial charge in [-0.15, -0.1) is 12.3 Å². The smallest absolute Gasteiger partial charge is 0.252 e. The third-order valence-corrected chi connectivity index (χ3v) is 3.05. The second-order valence-corrected chi connectivity index (χ2v) is 4.04. The molecule has 0 fully saturated rings. The second-order valence-electron chi connectivity index (χ2n) is 2.81. The molecule has 0 atom stereocenters. The molecule has 1 amide bonds. The number of halogens is 2. The zero-order valence-corrected chi connectivity index (χ0v) is 10.2. The van der Waals surface area contributed by atoms with Gasteiger partial charge in [0, 0.05) is 17.4 Å². The molecule has 0 aliphatic carbocycles. The molecule has 15 heavy (non-hydrogen) atoms. The Balaban J connectivity index is 2.75. The number of hydrogen-bond acceptors (Lipinski definition) is 1. The topological polar surface area (TPSA) is 29.1 Å². The van der Waals surface area contributed by atoms with Crippen molar-refractivity contribution in [1.82, 2.24) is 5.32 Å². The largest absolute Gasteiger partial charge is 0.351 e. The SMILES string of the molecule is C#CCCNC(=O)c1cccc(Br)c1Cl. The number of carbonyl (C=O) groups is 1. The Morgan fingerprint density at radius 2 is 2.33 bits per heavy atom. The highest BCUT2D eigenvalue weighted by atomic mass is 79.9. The van der Waals surface area contributed by atoms with E-state index in [1.165, 1.54) is 0 Å². The van der Waals surface area contributed by atoms with Gasteiger partial charge in [-0.05, 0) is 28.1 Å².